The molecule has 0 spiro atoms. The Balaban J connectivity index is 1.77. The summed E-state index contributed by atoms with van der Waals surface area (Å²) in [7, 11) is 1.73. The summed E-state index contributed by atoms with van der Waals surface area (Å²) in [5, 5.41) is 16.0. The standard InChI is InChI=1S/C37H59N5O5/c1-24(2)31(40(9)36(47)32(37(6,7)8)39-34(45)29-18-13-14-20-41(29)25(3)4)22-26(5)35(46)42-21-15-19-30(42)33(44)38-28(23-43)27-16-11-10-12-17-27/h10-12,16-17,22,24-25,28-32,43H,13-15,18-21,23H2,1-9H3,(H,38,44)(H,39,45)/b26-22+/t28?,29?,30-,31+,32+/m0/s1. The topological polar surface area (TPSA) is 122 Å². The number of nitrogens with zero attached hydrogens (tertiary/aromatic N) is 3. The number of hydrogen-bond donors (Lipinski definition) is 3. The third kappa shape index (κ3) is 9.66. The maximum atomic E-state index is 14.2. The number of carbonyl (C=O) groups excluding carboxylic acids is 4. The highest BCUT2D eigenvalue weighted by atomic mass is 16.3. The molecule has 47 heavy (non-hydrogen) atoms. The maximum Gasteiger partial charge on any atom is 0.249 e. The minimum absolute atomic E-state index is 0.0216. The van der Waals surface area contributed by atoms with E-state index in [1.807, 2.05) is 71.0 Å². The van der Waals surface area contributed by atoms with Crippen molar-refractivity contribution in [3.05, 3.63) is 47.5 Å². The molecule has 3 N–H and O–H groups in total. The van der Waals surface area contributed by atoms with E-state index >= 15 is 0 Å². The van der Waals surface area contributed by atoms with Crippen LogP contribution >= 0.6 is 0 Å². The average molecular weight is 654 g/mol. The Kier molecular flexibility index (Phi) is 13.6. The summed E-state index contributed by atoms with van der Waals surface area (Å²) in [6, 6.07) is 6.86. The van der Waals surface area contributed by atoms with Crippen LogP contribution in [-0.2, 0) is 19.2 Å². The maximum absolute atomic E-state index is 14.2. The first-order valence-corrected chi connectivity index (χ1v) is 17.4. The lowest BCUT2D eigenvalue weighted by Crippen LogP contribution is -2.60. The number of likely N-dealkylation sites (N-methyl/N-ethyl adjacent to an activating group) is 1. The van der Waals surface area contributed by atoms with Crippen LogP contribution in [0.3, 0.4) is 0 Å². The molecule has 2 aliphatic rings. The van der Waals surface area contributed by atoms with Gasteiger partial charge in [-0.3, -0.25) is 24.1 Å². The molecule has 0 bridgehead atoms. The fraction of sp³-hybridized carbons (Fsp3) is 0.676. The number of rotatable bonds is 12. The molecule has 2 fully saturated rings. The van der Waals surface area contributed by atoms with Gasteiger partial charge in [-0.05, 0) is 69.9 Å². The molecule has 10 nitrogen and oxygen atoms in total. The lowest BCUT2D eigenvalue weighted by molar-refractivity contribution is -0.142. The third-order valence-corrected chi connectivity index (χ3v) is 9.66. The molecule has 2 unspecified atom stereocenters. The lowest BCUT2D eigenvalue weighted by Gasteiger charge is -2.41. The van der Waals surface area contributed by atoms with E-state index in [0.717, 1.165) is 31.4 Å². The van der Waals surface area contributed by atoms with Crippen LogP contribution in [0, 0.1) is 11.3 Å². The highest BCUT2D eigenvalue weighted by Gasteiger charge is 2.40. The summed E-state index contributed by atoms with van der Waals surface area (Å²) < 4.78 is 0. The quantitative estimate of drug-likeness (QED) is 0.293. The number of nitrogens with one attached hydrogen (secondary N) is 2. The van der Waals surface area contributed by atoms with Crippen molar-refractivity contribution < 1.29 is 24.3 Å². The zero-order valence-electron chi connectivity index (χ0n) is 30.1. The largest absolute Gasteiger partial charge is 0.394 e. The summed E-state index contributed by atoms with van der Waals surface area (Å²) in [6.45, 7) is 16.9. The molecule has 1 aromatic rings. The molecule has 2 saturated heterocycles. The number of carbonyl (C=O) groups is 4. The fourth-order valence-electron chi connectivity index (χ4n) is 6.87. The molecule has 3 rings (SSSR count). The number of aliphatic hydroxyl groups excluding tert-OH is 1. The van der Waals surface area contributed by atoms with Crippen molar-refractivity contribution in [3.63, 3.8) is 0 Å². The Morgan fingerprint density at radius 2 is 1.55 bits per heavy atom. The van der Waals surface area contributed by atoms with Crippen LogP contribution in [0.4, 0.5) is 0 Å². The Morgan fingerprint density at radius 1 is 0.936 bits per heavy atom. The fourth-order valence-corrected chi connectivity index (χ4v) is 6.87. The van der Waals surface area contributed by atoms with Gasteiger partial charge in [0.15, 0.2) is 0 Å². The second kappa shape index (κ2) is 16.7. The van der Waals surface area contributed by atoms with E-state index < -0.39 is 29.6 Å². The third-order valence-electron chi connectivity index (χ3n) is 9.66. The molecule has 4 amide bonds. The van der Waals surface area contributed by atoms with Crippen LogP contribution < -0.4 is 10.6 Å². The van der Waals surface area contributed by atoms with Gasteiger partial charge in [0.1, 0.15) is 12.1 Å². The van der Waals surface area contributed by atoms with Crippen LogP contribution in [0.2, 0.25) is 0 Å². The summed E-state index contributed by atoms with van der Waals surface area (Å²) >= 11 is 0. The first-order chi connectivity index (χ1) is 22.1. The molecule has 0 aromatic heterocycles. The predicted molar refractivity (Wildman–Crippen MR) is 185 cm³/mol. The van der Waals surface area contributed by atoms with Crippen LogP contribution in [-0.4, -0.2) is 100 Å². The molecule has 0 radical (unpaired) electrons. The van der Waals surface area contributed by atoms with E-state index in [1.54, 1.807) is 23.8 Å². The number of piperidine rings is 1. The summed E-state index contributed by atoms with van der Waals surface area (Å²) in [6.07, 6.45) is 5.87. The molecule has 10 heteroatoms. The Hall–Kier alpha value is -3.24. The van der Waals surface area contributed by atoms with Gasteiger partial charge in [-0.25, -0.2) is 0 Å². The van der Waals surface area contributed by atoms with Gasteiger partial charge in [-0.1, -0.05) is 77.4 Å². The Labute approximate surface area is 282 Å². The second-order valence-corrected chi connectivity index (χ2v) is 15.0. The van der Waals surface area contributed by atoms with Gasteiger partial charge in [0.05, 0.1) is 24.7 Å². The van der Waals surface area contributed by atoms with Gasteiger partial charge in [-0.15, -0.1) is 0 Å². The smallest absolute Gasteiger partial charge is 0.249 e. The van der Waals surface area contributed by atoms with E-state index in [9.17, 15) is 24.3 Å². The van der Waals surface area contributed by atoms with Crippen molar-refractivity contribution in [2.75, 3.05) is 26.7 Å². The van der Waals surface area contributed by atoms with E-state index in [1.165, 1.54) is 0 Å². The molecular weight excluding hydrogens is 594 g/mol. The average Bonchev–Trinajstić information content (AvgIpc) is 3.53. The minimum Gasteiger partial charge on any atom is -0.394 e. The van der Waals surface area contributed by atoms with Gasteiger partial charge < -0.3 is 25.5 Å². The number of hydrogen-bond acceptors (Lipinski definition) is 6. The number of benzene rings is 1. The molecule has 1 aromatic carbocycles. The van der Waals surface area contributed by atoms with E-state index in [0.29, 0.717) is 25.0 Å². The first-order valence-electron chi connectivity index (χ1n) is 17.4. The number of amides is 4. The zero-order valence-corrected chi connectivity index (χ0v) is 30.1. The van der Waals surface area contributed by atoms with Crippen molar-refractivity contribution in [1.82, 2.24) is 25.3 Å². The molecule has 0 aliphatic carbocycles. The summed E-state index contributed by atoms with van der Waals surface area (Å²) in [4.78, 5) is 60.4. The van der Waals surface area contributed by atoms with Gasteiger partial charge in [0, 0.05) is 25.2 Å². The van der Waals surface area contributed by atoms with Crippen LogP contribution in [0.5, 0.6) is 0 Å². The zero-order chi connectivity index (χ0) is 35.1. The normalized spacial score (nSPS) is 21.4. The summed E-state index contributed by atoms with van der Waals surface area (Å²) in [5.41, 5.74) is 0.705. The number of likely N-dealkylation sites (tertiary alicyclic amines) is 2. The van der Waals surface area contributed by atoms with Crippen LogP contribution in [0.1, 0.15) is 99.1 Å². The highest BCUT2D eigenvalue weighted by molar-refractivity contribution is 5.97. The minimum atomic E-state index is -0.752. The monoisotopic (exact) mass is 653 g/mol. The van der Waals surface area contributed by atoms with E-state index in [-0.39, 0.29) is 48.2 Å². The summed E-state index contributed by atoms with van der Waals surface area (Å²) in [5.74, 6) is -0.885. The SMILES string of the molecule is C/C(=C\[C@H](C(C)C)N(C)C(=O)[C@@H](NC(=O)C1CCCCN1C(C)C)C(C)(C)C)C(=O)N1CCC[C@H]1C(=O)NC(CO)c1ccccc1. The van der Waals surface area contributed by atoms with Gasteiger partial charge in [0.25, 0.3) is 0 Å². The molecular formula is C37H59N5O5. The predicted octanol–water partition coefficient (Wildman–Crippen LogP) is 4.05. The van der Waals surface area contributed by atoms with Crippen molar-refractivity contribution in [2.45, 2.75) is 124 Å². The van der Waals surface area contributed by atoms with E-state index in [2.05, 4.69) is 29.4 Å². The van der Waals surface area contributed by atoms with Crippen molar-refractivity contribution in [3.8, 4) is 0 Å². The molecule has 2 heterocycles. The Bertz CT molecular complexity index is 1260. The van der Waals surface area contributed by atoms with E-state index in [4.69, 9.17) is 0 Å². The Morgan fingerprint density at radius 3 is 2.13 bits per heavy atom. The van der Waals surface area contributed by atoms with Crippen LogP contribution in [0.15, 0.2) is 42.0 Å². The molecule has 5 atom stereocenters. The van der Waals surface area contributed by atoms with Crippen molar-refractivity contribution >= 4 is 23.6 Å². The van der Waals surface area contributed by atoms with Gasteiger partial charge in [-0.2, -0.15) is 0 Å². The first kappa shape index (κ1) is 38.2. The van der Waals surface area contributed by atoms with Crippen LogP contribution in [0.25, 0.3) is 0 Å². The lowest BCUT2D eigenvalue weighted by atomic mass is 9.84. The molecule has 2 aliphatic heterocycles. The van der Waals surface area contributed by atoms with Crippen molar-refractivity contribution in [1.29, 1.82) is 0 Å². The molecule has 0 saturated carbocycles. The number of aliphatic hydroxyl groups is 1. The van der Waals surface area contributed by atoms with Crippen molar-refractivity contribution in [2.24, 2.45) is 11.3 Å². The molecule has 262 valence electrons. The van der Waals surface area contributed by atoms with Gasteiger partial charge >= 0.3 is 0 Å². The highest BCUT2D eigenvalue weighted by Crippen LogP contribution is 2.27. The van der Waals surface area contributed by atoms with Gasteiger partial charge in [0.2, 0.25) is 23.6 Å². The second-order valence-electron chi connectivity index (χ2n) is 15.0.